The van der Waals surface area contributed by atoms with Crippen molar-refractivity contribution in [1.29, 1.82) is 0 Å². The minimum Gasteiger partial charge on any atom is -0.479 e. The van der Waals surface area contributed by atoms with Crippen LogP contribution in [0.15, 0.2) is 72.8 Å². The lowest BCUT2D eigenvalue weighted by Crippen LogP contribution is -2.45. The van der Waals surface area contributed by atoms with Gasteiger partial charge in [0.15, 0.2) is 0 Å². The van der Waals surface area contributed by atoms with Crippen LogP contribution < -0.4 is 5.73 Å². The van der Waals surface area contributed by atoms with Gasteiger partial charge < -0.3 is 15.9 Å². The fourth-order valence-corrected chi connectivity index (χ4v) is 3.43. The first-order valence-electron chi connectivity index (χ1n) is 8.75. The number of hydrogen-bond donors (Lipinski definition) is 3. The molecule has 0 radical (unpaired) electrons. The van der Waals surface area contributed by atoms with E-state index in [1.165, 1.54) is 18.1 Å². The first kappa shape index (κ1) is 19.9. The van der Waals surface area contributed by atoms with Gasteiger partial charge in [0.1, 0.15) is 6.10 Å². The number of carboxylic acids is 1. The van der Waals surface area contributed by atoms with Gasteiger partial charge in [0.25, 0.3) is 0 Å². The fourth-order valence-electron chi connectivity index (χ4n) is 3.43. The van der Waals surface area contributed by atoms with E-state index in [9.17, 15) is 4.79 Å². The lowest BCUT2D eigenvalue weighted by Gasteiger charge is -2.42. The molecule has 2 aromatic carbocycles. The van der Waals surface area contributed by atoms with Crippen molar-refractivity contribution >= 4 is 5.97 Å². The van der Waals surface area contributed by atoms with Crippen LogP contribution in [0.1, 0.15) is 37.8 Å². The van der Waals surface area contributed by atoms with Crippen molar-refractivity contribution in [2.45, 2.75) is 43.7 Å². The number of carboxylic acid groups (broad SMARTS) is 1. The summed E-state index contributed by atoms with van der Waals surface area (Å²) in [4.78, 5) is 9.45. The minimum absolute atomic E-state index is 0.0131. The van der Waals surface area contributed by atoms with E-state index in [1.807, 2.05) is 0 Å². The van der Waals surface area contributed by atoms with Gasteiger partial charge in [0, 0.05) is 11.0 Å². The molecule has 138 valence electrons. The lowest BCUT2D eigenvalue weighted by atomic mass is 9.63. The second-order valence-corrected chi connectivity index (χ2v) is 7.12. The van der Waals surface area contributed by atoms with E-state index < -0.39 is 12.1 Å². The molecule has 4 N–H and O–H groups in total. The maximum Gasteiger partial charge on any atom is 0.332 e. The Hall–Kier alpha value is -2.43. The third-order valence-electron chi connectivity index (χ3n) is 4.66. The van der Waals surface area contributed by atoms with Gasteiger partial charge in [-0.05, 0) is 37.8 Å². The molecule has 2 atom stereocenters. The highest BCUT2D eigenvalue weighted by Crippen LogP contribution is 2.44. The Morgan fingerprint density at radius 2 is 1.46 bits per heavy atom. The molecule has 4 heteroatoms. The van der Waals surface area contributed by atoms with Gasteiger partial charge in [-0.1, -0.05) is 72.8 Å². The van der Waals surface area contributed by atoms with Gasteiger partial charge in [-0.15, -0.1) is 0 Å². The number of hydrogen-bond acceptors (Lipinski definition) is 3. The first-order chi connectivity index (χ1) is 12.3. The van der Waals surface area contributed by atoms with Crippen LogP contribution in [0.25, 0.3) is 0 Å². The summed E-state index contributed by atoms with van der Waals surface area (Å²) in [5.41, 5.74) is 8.88. The summed E-state index contributed by atoms with van der Waals surface area (Å²) < 4.78 is 0. The zero-order valence-corrected chi connectivity index (χ0v) is 15.3. The van der Waals surface area contributed by atoms with Crippen LogP contribution in [0.5, 0.6) is 0 Å². The molecule has 4 nitrogen and oxygen atoms in total. The lowest BCUT2D eigenvalue weighted by molar-refractivity contribution is -0.145. The van der Waals surface area contributed by atoms with Crippen LogP contribution in [-0.4, -0.2) is 27.8 Å². The summed E-state index contributed by atoms with van der Waals surface area (Å²) in [6.45, 7) is 3.31. The molecule has 0 aliphatic heterocycles. The Labute approximate surface area is 155 Å². The molecule has 0 spiro atoms. The van der Waals surface area contributed by atoms with E-state index in [4.69, 9.17) is 15.9 Å². The van der Waals surface area contributed by atoms with Crippen molar-refractivity contribution < 1.29 is 15.0 Å². The number of nitrogens with two attached hydrogens (primary N) is 1. The summed E-state index contributed by atoms with van der Waals surface area (Å²) in [6.07, 6.45) is 5.10. The quantitative estimate of drug-likeness (QED) is 0.738. The van der Waals surface area contributed by atoms with Gasteiger partial charge >= 0.3 is 5.97 Å². The van der Waals surface area contributed by atoms with Crippen LogP contribution in [0, 0.1) is 0 Å². The average Bonchev–Trinajstić information content (AvgIpc) is 2.62. The van der Waals surface area contributed by atoms with Crippen LogP contribution in [0.2, 0.25) is 0 Å². The van der Waals surface area contributed by atoms with Gasteiger partial charge in [0.2, 0.25) is 0 Å². The molecule has 2 unspecified atom stereocenters. The maximum atomic E-state index is 9.45. The molecule has 1 aliphatic rings. The smallest absolute Gasteiger partial charge is 0.332 e. The van der Waals surface area contributed by atoms with Gasteiger partial charge in [0.05, 0.1) is 0 Å². The largest absolute Gasteiger partial charge is 0.479 e. The number of benzene rings is 2. The van der Waals surface area contributed by atoms with E-state index in [2.05, 4.69) is 79.7 Å². The predicted molar refractivity (Wildman–Crippen MR) is 104 cm³/mol. The number of carbonyl (C=O) groups is 1. The Morgan fingerprint density at radius 3 is 1.81 bits per heavy atom. The highest BCUT2D eigenvalue weighted by atomic mass is 16.4. The molecule has 0 aromatic heterocycles. The normalized spacial score (nSPS) is 22.0. The molecule has 0 amide bonds. The van der Waals surface area contributed by atoms with Crippen LogP contribution in [0.4, 0.5) is 0 Å². The average molecular weight is 353 g/mol. The molecule has 0 fully saturated rings. The topological polar surface area (TPSA) is 83.5 Å². The molecule has 0 saturated carbocycles. The summed E-state index contributed by atoms with van der Waals surface area (Å²) in [7, 11) is 0. The van der Waals surface area contributed by atoms with E-state index in [-0.39, 0.29) is 11.0 Å². The molecule has 26 heavy (non-hydrogen) atoms. The van der Waals surface area contributed by atoms with Crippen molar-refractivity contribution in [2.75, 3.05) is 0 Å². The third-order valence-corrected chi connectivity index (χ3v) is 4.66. The molecule has 2 aromatic rings. The number of aliphatic hydroxyl groups is 1. The Bertz CT molecular complexity index is 697. The Morgan fingerprint density at radius 1 is 1.04 bits per heavy atom. The number of aliphatic hydroxyl groups excluding tert-OH is 1. The summed E-state index contributed by atoms with van der Waals surface area (Å²) in [5.74, 6) is -1.19. The van der Waals surface area contributed by atoms with Crippen molar-refractivity contribution in [3.05, 3.63) is 83.9 Å². The zero-order chi connectivity index (χ0) is 19.2. The summed E-state index contributed by atoms with van der Waals surface area (Å²) in [5, 5.41) is 15.8. The number of allylic oxidation sites excluding steroid dienone is 1. The van der Waals surface area contributed by atoms with E-state index in [0.717, 1.165) is 12.8 Å². The molecular weight excluding hydrogens is 326 g/mol. The fraction of sp³-hybridized carbons (Fsp3) is 0.318. The highest BCUT2D eigenvalue weighted by molar-refractivity contribution is 5.71. The van der Waals surface area contributed by atoms with E-state index in [0.29, 0.717) is 0 Å². The van der Waals surface area contributed by atoms with Crippen molar-refractivity contribution in [3.63, 3.8) is 0 Å². The summed E-state index contributed by atoms with van der Waals surface area (Å²) in [6, 6.07) is 21.5. The van der Waals surface area contributed by atoms with Crippen LogP contribution in [0.3, 0.4) is 0 Å². The van der Waals surface area contributed by atoms with Crippen LogP contribution in [-0.2, 0) is 10.2 Å². The second-order valence-electron chi connectivity index (χ2n) is 7.12. The Balaban J connectivity index is 0.000000352. The predicted octanol–water partition coefficient (Wildman–Crippen LogP) is 3.49. The first-order valence-corrected chi connectivity index (χ1v) is 8.75. The summed E-state index contributed by atoms with van der Waals surface area (Å²) >= 11 is 0. The SMILES string of the molecule is CC(O)C(=O)O.CC1(N)C=CCC(c2ccccc2)(c2ccccc2)C1. The van der Waals surface area contributed by atoms with Crippen LogP contribution >= 0.6 is 0 Å². The monoisotopic (exact) mass is 353 g/mol. The molecular formula is C22H27NO3. The number of aliphatic carboxylic acids is 1. The molecule has 0 saturated heterocycles. The molecule has 1 aliphatic carbocycles. The van der Waals surface area contributed by atoms with Crippen molar-refractivity contribution in [2.24, 2.45) is 5.73 Å². The molecule has 0 bridgehead atoms. The zero-order valence-electron chi connectivity index (χ0n) is 15.3. The van der Waals surface area contributed by atoms with Gasteiger partial charge in [-0.2, -0.15) is 0 Å². The second kappa shape index (κ2) is 8.30. The van der Waals surface area contributed by atoms with Gasteiger partial charge in [-0.25, -0.2) is 4.79 Å². The Kier molecular flexibility index (Phi) is 6.35. The highest BCUT2D eigenvalue weighted by Gasteiger charge is 2.40. The maximum absolute atomic E-state index is 9.45. The molecule has 3 rings (SSSR count). The molecule has 0 heterocycles. The van der Waals surface area contributed by atoms with E-state index >= 15 is 0 Å². The van der Waals surface area contributed by atoms with Gasteiger partial charge in [-0.3, -0.25) is 0 Å². The van der Waals surface area contributed by atoms with Crippen molar-refractivity contribution in [1.82, 2.24) is 0 Å². The number of rotatable bonds is 3. The van der Waals surface area contributed by atoms with E-state index in [1.54, 1.807) is 0 Å². The minimum atomic E-state index is -1.23. The standard InChI is InChI=1S/C19H21N.C3H6O3/c1-18(20)13-8-14-19(15-18,16-9-4-2-5-10-16)17-11-6-3-7-12-17;1-2(4)3(5)6/h2-13H,14-15,20H2,1H3;2,4H,1H3,(H,5,6). The van der Waals surface area contributed by atoms with Crippen molar-refractivity contribution in [3.8, 4) is 0 Å². The third kappa shape index (κ3) is 4.81.